The number of benzene rings is 1. The van der Waals surface area contributed by atoms with Gasteiger partial charge in [0.05, 0.1) is 4.91 Å². The molecule has 0 spiro atoms. The number of rotatable bonds is 2. The maximum Gasteiger partial charge on any atom is 0.308 e. The largest absolute Gasteiger partial charge is 0.308 e. The smallest absolute Gasteiger partial charge is 0.266 e. The Morgan fingerprint density at radius 3 is 2.50 bits per heavy atom. The van der Waals surface area contributed by atoms with Crippen LogP contribution in [0.3, 0.4) is 0 Å². The quantitative estimate of drug-likeness (QED) is 0.734. The van der Waals surface area contributed by atoms with Crippen LogP contribution < -0.4 is 0 Å². The van der Waals surface area contributed by atoms with E-state index in [-0.39, 0.29) is 11.1 Å². The summed E-state index contributed by atoms with van der Waals surface area (Å²) in [5, 5.41) is 3.84. The van der Waals surface area contributed by atoms with Crippen molar-refractivity contribution in [1.82, 2.24) is 10.0 Å². The summed E-state index contributed by atoms with van der Waals surface area (Å²) < 4.78 is 0. The summed E-state index contributed by atoms with van der Waals surface area (Å²) in [7, 11) is 0. The number of nitrogens with zero attached hydrogens (tertiary/aromatic N) is 2. The molecule has 1 aromatic carbocycles. The molecule has 7 heteroatoms. The molecule has 0 aromatic heterocycles. The molecule has 1 aromatic rings. The lowest BCUT2D eigenvalue weighted by atomic mass is 10.1. The van der Waals surface area contributed by atoms with Gasteiger partial charge in [0.1, 0.15) is 0 Å². The monoisotopic (exact) mass is 356 g/mol. The molecule has 0 bridgehead atoms. The summed E-state index contributed by atoms with van der Waals surface area (Å²) >= 11 is 12.9. The number of carbonyl (C=O) groups excluding carboxylic acids is 2. The normalized spacial score (nSPS) is 21.9. The van der Waals surface area contributed by atoms with Gasteiger partial charge in [-0.1, -0.05) is 35.7 Å². The Labute approximate surface area is 143 Å². The molecule has 2 saturated heterocycles. The molecule has 0 N–H and O–H groups in total. The van der Waals surface area contributed by atoms with Crippen LogP contribution in [0.5, 0.6) is 0 Å². The van der Waals surface area contributed by atoms with Crippen LogP contribution in [-0.2, 0) is 4.79 Å². The number of piperidine rings is 1. The Kier molecular flexibility index (Phi) is 4.78. The molecule has 2 amide bonds. The molecule has 3 rings (SSSR count). The predicted molar refractivity (Wildman–Crippen MR) is 89.7 cm³/mol. The van der Waals surface area contributed by atoms with Crippen molar-refractivity contribution in [2.75, 3.05) is 13.1 Å². The van der Waals surface area contributed by atoms with Crippen molar-refractivity contribution < 1.29 is 9.59 Å². The van der Waals surface area contributed by atoms with Crippen molar-refractivity contribution >= 4 is 52.2 Å². The maximum atomic E-state index is 12.5. The number of hydrogen-bond acceptors (Lipinski definition) is 4. The molecule has 0 radical (unpaired) electrons. The minimum Gasteiger partial charge on any atom is -0.266 e. The lowest BCUT2D eigenvalue weighted by Gasteiger charge is -2.32. The topological polar surface area (TPSA) is 40.6 Å². The third-order valence-corrected chi connectivity index (χ3v) is 5.06. The Bertz CT molecular complexity index is 657. The highest BCUT2D eigenvalue weighted by molar-refractivity contribution is 8.18. The van der Waals surface area contributed by atoms with Crippen molar-refractivity contribution in [3.63, 3.8) is 0 Å². The van der Waals surface area contributed by atoms with E-state index in [0.29, 0.717) is 20.5 Å². The standard InChI is InChI=1S/C15H14Cl2N2O2S/c16-11-5-4-10(12(17)9-11)8-13-14(20)19(15(21)22-13)18-6-2-1-3-7-18/h4-5,8-9H,1-3,6-7H2/b13-8+. The number of amides is 2. The number of hydrogen-bond donors (Lipinski definition) is 0. The average molecular weight is 357 g/mol. The fraction of sp³-hybridized carbons (Fsp3) is 0.333. The van der Waals surface area contributed by atoms with Gasteiger partial charge in [-0.25, -0.2) is 5.01 Å². The van der Waals surface area contributed by atoms with Gasteiger partial charge in [-0.2, -0.15) is 5.01 Å². The third kappa shape index (κ3) is 3.18. The van der Waals surface area contributed by atoms with E-state index in [1.807, 2.05) is 5.01 Å². The second-order valence-corrected chi connectivity index (χ2v) is 7.01. The number of halogens is 2. The van der Waals surface area contributed by atoms with Gasteiger partial charge in [-0.05, 0) is 48.4 Å². The van der Waals surface area contributed by atoms with Gasteiger partial charge < -0.3 is 0 Å². The van der Waals surface area contributed by atoms with Crippen molar-refractivity contribution in [2.45, 2.75) is 19.3 Å². The van der Waals surface area contributed by atoms with Crippen LogP contribution in [0.15, 0.2) is 23.1 Å². The van der Waals surface area contributed by atoms with E-state index in [4.69, 9.17) is 23.2 Å². The zero-order valence-electron chi connectivity index (χ0n) is 11.7. The fourth-order valence-corrected chi connectivity index (χ4v) is 3.84. The van der Waals surface area contributed by atoms with Crippen LogP contribution in [0, 0.1) is 0 Å². The molecule has 0 unspecified atom stereocenters. The van der Waals surface area contributed by atoms with Crippen LogP contribution in [0.25, 0.3) is 6.08 Å². The minimum absolute atomic E-state index is 0.247. The van der Waals surface area contributed by atoms with E-state index >= 15 is 0 Å². The summed E-state index contributed by atoms with van der Waals surface area (Å²) in [4.78, 5) is 25.0. The van der Waals surface area contributed by atoms with Gasteiger partial charge in [0, 0.05) is 23.1 Å². The van der Waals surface area contributed by atoms with Gasteiger partial charge in [-0.3, -0.25) is 9.59 Å². The number of imide groups is 1. The number of thioether (sulfide) groups is 1. The molecule has 0 atom stereocenters. The average Bonchev–Trinajstić information content (AvgIpc) is 2.77. The number of carbonyl (C=O) groups is 2. The highest BCUT2D eigenvalue weighted by Gasteiger charge is 2.39. The van der Waals surface area contributed by atoms with E-state index in [2.05, 4.69) is 0 Å². The molecule has 0 aliphatic carbocycles. The maximum absolute atomic E-state index is 12.5. The Balaban J connectivity index is 1.85. The Hall–Kier alpha value is -1.01. The zero-order chi connectivity index (χ0) is 15.7. The second kappa shape index (κ2) is 6.62. The lowest BCUT2D eigenvalue weighted by molar-refractivity contribution is -0.135. The highest BCUT2D eigenvalue weighted by atomic mass is 35.5. The van der Waals surface area contributed by atoms with Crippen molar-refractivity contribution in [1.29, 1.82) is 0 Å². The van der Waals surface area contributed by atoms with Crippen LogP contribution >= 0.6 is 35.0 Å². The van der Waals surface area contributed by atoms with Gasteiger partial charge in [0.25, 0.3) is 5.91 Å². The van der Waals surface area contributed by atoms with E-state index in [0.717, 1.165) is 44.1 Å². The summed E-state index contributed by atoms with van der Waals surface area (Å²) in [6.07, 6.45) is 4.80. The van der Waals surface area contributed by atoms with E-state index in [9.17, 15) is 9.59 Å². The molecule has 2 heterocycles. The van der Waals surface area contributed by atoms with Crippen LogP contribution in [0.1, 0.15) is 24.8 Å². The van der Waals surface area contributed by atoms with Crippen molar-refractivity contribution in [3.05, 3.63) is 38.7 Å². The first-order valence-corrected chi connectivity index (χ1v) is 8.61. The van der Waals surface area contributed by atoms with E-state index < -0.39 is 0 Å². The van der Waals surface area contributed by atoms with Gasteiger partial charge in [-0.15, -0.1) is 0 Å². The Morgan fingerprint density at radius 1 is 1.09 bits per heavy atom. The first-order valence-electron chi connectivity index (χ1n) is 7.04. The predicted octanol–water partition coefficient (Wildman–Crippen LogP) is 4.43. The summed E-state index contributed by atoms with van der Waals surface area (Å²) in [6, 6.07) is 5.05. The molecule has 0 saturated carbocycles. The molecule has 22 heavy (non-hydrogen) atoms. The molecule has 2 aliphatic rings. The number of hydrazine groups is 1. The zero-order valence-corrected chi connectivity index (χ0v) is 14.0. The SMILES string of the molecule is O=C1S/C(=C/c2ccc(Cl)cc2Cl)C(=O)N1N1CCCCC1. The van der Waals surface area contributed by atoms with Gasteiger partial charge in [0.2, 0.25) is 0 Å². The summed E-state index contributed by atoms with van der Waals surface area (Å²) in [5.41, 5.74) is 0.676. The van der Waals surface area contributed by atoms with E-state index in [1.165, 1.54) is 5.01 Å². The second-order valence-electron chi connectivity index (χ2n) is 5.17. The summed E-state index contributed by atoms with van der Waals surface area (Å²) in [6.45, 7) is 1.49. The van der Waals surface area contributed by atoms with Crippen LogP contribution in [0.4, 0.5) is 4.79 Å². The molecule has 116 valence electrons. The lowest BCUT2D eigenvalue weighted by Crippen LogP contribution is -2.47. The molecular formula is C15H14Cl2N2O2S. The van der Waals surface area contributed by atoms with E-state index in [1.54, 1.807) is 24.3 Å². The van der Waals surface area contributed by atoms with Gasteiger partial charge in [0.15, 0.2) is 0 Å². The van der Waals surface area contributed by atoms with Crippen LogP contribution in [0.2, 0.25) is 10.0 Å². The van der Waals surface area contributed by atoms with Crippen molar-refractivity contribution in [3.8, 4) is 0 Å². The fourth-order valence-electron chi connectivity index (χ4n) is 2.54. The first-order chi connectivity index (χ1) is 10.6. The molecule has 2 fully saturated rings. The Morgan fingerprint density at radius 2 is 1.82 bits per heavy atom. The molecule has 4 nitrogen and oxygen atoms in total. The highest BCUT2D eigenvalue weighted by Crippen LogP contribution is 2.35. The van der Waals surface area contributed by atoms with Gasteiger partial charge >= 0.3 is 5.24 Å². The van der Waals surface area contributed by atoms with Crippen LogP contribution in [-0.4, -0.2) is 34.3 Å². The minimum atomic E-state index is -0.275. The first kappa shape index (κ1) is 15.9. The third-order valence-electron chi connectivity index (χ3n) is 3.64. The van der Waals surface area contributed by atoms with Crippen molar-refractivity contribution in [2.24, 2.45) is 0 Å². The molecule has 2 aliphatic heterocycles. The molecular weight excluding hydrogens is 343 g/mol. The summed E-state index contributed by atoms with van der Waals surface area (Å²) in [5.74, 6) is -0.275.